The van der Waals surface area contributed by atoms with Crippen LogP contribution in [0.25, 0.3) is 0 Å². The molecule has 1 rings (SSSR count). The van der Waals surface area contributed by atoms with E-state index in [0.717, 1.165) is 9.91 Å². The lowest BCUT2D eigenvalue weighted by molar-refractivity contribution is -0.141. The van der Waals surface area contributed by atoms with Gasteiger partial charge in [0.15, 0.2) is 0 Å². The fourth-order valence-electron chi connectivity index (χ4n) is 1.28. The highest BCUT2D eigenvalue weighted by Gasteiger charge is 2.25. The van der Waals surface area contributed by atoms with Crippen LogP contribution in [0.5, 0.6) is 0 Å². The number of carbonyl (C=O) groups is 2. The molecule has 0 aliphatic carbocycles. The summed E-state index contributed by atoms with van der Waals surface area (Å²) < 4.78 is 0. The van der Waals surface area contributed by atoms with Crippen LogP contribution in [0.15, 0.2) is 0 Å². The van der Waals surface area contributed by atoms with E-state index >= 15 is 0 Å². The van der Waals surface area contributed by atoms with Crippen molar-refractivity contribution in [2.24, 2.45) is 0 Å². The second-order valence-electron chi connectivity index (χ2n) is 3.43. The number of carboxylic acids is 1. The van der Waals surface area contributed by atoms with Gasteiger partial charge in [-0.1, -0.05) is 18.3 Å². The number of hydrogen-bond acceptors (Lipinski definition) is 5. The highest BCUT2D eigenvalue weighted by Crippen LogP contribution is 2.14. The summed E-state index contributed by atoms with van der Waals surface area (Å²) in [5, 5.41) is 20.0. The topological polar surface area (TPSA) is 95.4 Å². The third kappa shape index (κ3) is 3.38. The Kier molecular flexibility index (Phi) is 4.38. The van der Waals surface area contributed by atoms with Gasteiger partial charge in [-0.3, -0.25) is 5.32 Å². The van der Waals surface area contributed by atoms with Crippen LogP contribution in [-0.2, 0) is 4.79 Å². The molecule has 0 spiro atoms. The van der Waals surface area contributed by atoms with Crippen molar-refractivity contribution in [1.82, 2.24) is 15.1 Å². The van der Waals surface area contributed by atoms with Gasteiger partial charge in [0.05, 0.1) is 0 Å². The summed E-state index contributed by atoms with van der Waals surface area (Å²) in [5.41, 5.74) is 0. The Labute approximate surface area is 102 Å². The summed E-state index contributed by atoms with van der Waals surface area (Å²) in [6.07, 6.45) is 0.342. The first-order chi connectivity index (χ1) is 7.95. The van der Waals surface area contributed by atoms with Crippen molar-refractivity contribution in [2.75, 3.05) is 12.4 Å². The Morgan fingerprint density at radius 1 is 1.53 bits per heavy atom. The zero-order valence-electron chi connectivity index (χ0n) is 9.80. The van der Waals surface area contributed by atoms with E-state index in [-0.39, 0.29) is 0 Å². The lowest BCUT2D eigenvalue weighted by Crippen LogP contribution is -2.44. The molecular weight excluding hydrogens is 244 g/mol. The van der Waals surface area contributed by atoms with E-state index in [2.05, 4.69) is 15.5 Å². The number of likely N-dealkylation sites (N-methyl/N-ethyl adjacent to an activating group) is 1. The zero-order chi connectivity index (χ0) is 13.0. The van der Waals surface area contributed by atoms with Gasteiger partial charge in [0, 0.05) is 7.05 Å². The van der Waals surface area contributed by atoms with Gasteiger partial charge in [0.1, 0.15) is 11.0 Å². The summed E-state index contributed by atoms with van der Waals surface area (Å²) in [6, 6.07) is -1.35. The van der Waals surface area contributed by atoms with Crippen molar-refractivity contribution in [1.29, 1.82) is 0 Å². The maximum Gasteiger partial charge on any atom is 0.326 e. The first-order valence-electron chi connectivity index (χ1n) is 5.02. The Balaban J connectivity index is 2.66. The molecule has 0 bridgehead atoms. The van der Waals surface area contributed by atoms with Crippen molar-refractivity contribution in [3.8, 4) is 0 Å². The second-order valence-corrected chi connectivity index (χ2v) is 4.61. The molecule has 1 heterocycles. The first-order valence-corrected chi connectivity index (χ1v) is 5.84. The van der Waals surface area contributed by atoms with Crippen molar-refractivity contribution in [2.45, 2.75) is 26.3 Å². The third-order valence-corrected chi connectivity index (χ3v) is 2.95. The molecule has 94 valence electrons. The van der Waals surface area contributed by atoms with Gasteiger partial charge in [-0.2, -0.15) is 0 Å². The molecule has 8 heteroatoms. The number of carbonyl (C=O) groups excluding carboxylic acids is 1. The van der Waals surface area contributed by atoms with Crippen molar-refractivity contribution in [3.63, 3.8) is 0 Å². The Bertz CT molecular complexity index is 420. The van der Waals surface area contributed by atoms with Crippen LogP contribution in [-0.4, -0.2) is 45.3 Å². The Hall–Kier alpha value is -1.70. The molecule has 1 aromatic heterocycles. The van der Waals surface area contributed by atoms with Crippen LogP contribution in [0.3, 0.4) is 0 Å². The number of hydrogen-bond donors (Lipinski definition) is 2. The molecule has 1 unspecified atom stereocenters. The maximum atomic E-state index is 11.7. The van der Waals surface area contributed by atoms with E-state index in [1.165, 1.54) is 18.4 Å². The molecule has 0 aromatic carbocycles. The number of amides is 2. The molecule has 2 amide bonds. The molecule has 0 saturated carbocycles. The molecule has 7 nitrogen and oxygen atoms in total. The van der Waals surface area contributed by atoms with E-state index in [9.17, 15) is 9.59 Å². The quantitative estimate of drug-likeness (QED) is 0.845. The molecule has 17 heavy (non-hydrogen) atoms. The average molecular weight is 258 g/mol. The highest BCUT2D eigenvalue weighted by atomic mass is 32.1. The number of aromatic nitrogens is 2. The molecule has 1 aromatic rings. The minimum Gasteiger partial charge on any atom is -0.480 e. The van der Waals surface area contributed by atoms with Crippen LogP contribution in [0.1, 0.15) is 18.4 Å². The SMILES string of the molecule is CCC(C(=O)O)N(C)C(=O)Nc1nnc(C)s1. The van der Waals surface area contributed by atoms with E-state index in [4.69, 9.17) is 5.11 Å². The zero-order valence-corrected chi connectivity index (χ0v) is 10.6. The van der Waals surface area contributed by atoms with Gasteiger partial charge in [0.25, 0.3) is 0 Å². The molecule has 0 fully saturated rings. The highest BCUT2D eigenvalue weighted by molar-refractivity contribution is 7.15. The van der Waals surface area contributed by atoms with Gasteiger partial charge in [0.2, 0.25) is 5.13 Å². The number of rotatable bonds is 4. The predicted molar refractivity (Wildman–Crippen MR) is 63.1 cm³/mol. The van der Waals surface area contributed by atoms with Crippen molar-refractivity contribution < 1.29 is 14.7 Å². The van der Waals surface area contributed by atoms with Gasteiger partial charge in [-0.05, 0) is 13.3 Å². The number of aryl methyl sites for hydroxylation is 1. The monoisotopic (exact) mass is 258 g/mol. The van der Waals surface area contributed by atoms with Gasteiger partial charge in [-0.15, -0.1) is 10.2 Å². The maximum absolute atomic E-state index is 11.7. The van der Waals surface area contributed by atoms with E-state index in [0.29, 0.717) is 11.6 Å². The molecule has 0 aliphatic heterocycles. The van der Waals surface area contributed by atoms with E-state index < -0.39 is 18.0 Å². The molecule has 1 atom stereocenters. The number of urea groups is 1. The molecule has 0 radical (unpaired) electrons. The normalized spacial score (nSPS) is 11.9. The van der Waals surface area contributed by atoms with Gasteiger partial charge < -0.3 is 10.0 Å². The first kappa shape index (κ1) is 13.4. The minimum atomic E-state index is -1.03. The minimum absolute atomic E-state index is 0.342. The molecule has 2 N–H and O–H groups in total. The Morgan fingerprint density at radius 2 is 2.18 bits per heavy atom. The second kappa shape index (κ2) is 5.58. The largest absolute Gasteiger partial charge is 0.480 e. The van der Waals surface area contributed by atoms with Crippen LogP contribution < -0.4 is 5.32 Å². The summed E-state index contributed by atoms with van der Waals surface area (Å²) >= 11 is 1.23. The summed E-state index contributed by atoms with van der Waals surface area (Å²) in [5.74, 6) is -1.03. The van der Waals surface area contributed by atoms with Crippen molar-refractivity contribution >= 4 is 28.5 Å². The van der Waals surface area contributed by atoms with Crippen LogP contribution in [0.2, 0.25) is 0 Å². The number of nitrogens with one attached hydrogen (secondary N) is 1. The summed E-state index contributed by atoms with van der Waals surface area (Å²) in [6.45, 7) is 3.47. The summed E-state index contributed by atoms with van der Waals surface area (Å²) in [4.78, 5) is 23.7. The van der Waals surface area contributed by atoms with Crippen molar-refractivity contribution in [3.05, 3.63) is 5.01 Å². The fraction of sp³-hybridized carbons (Fsp3) is 0.556. The Morgan fingerprint density at radius 3 is 2.59 bits per heavy atom. The predicted octanol–water partition coefficient (Wildman–Crippen LogP) is 1.17. The van der Waals surface area contributed by atoms with Gasteiger partial charge in [-0.25, -0.2) is 9.59 Å². The number of nitrogens with zero attached hydrogens (tertiary/aromatic N) is 3. The number of anilines is 1. The van der Waals surface area contributed by atoms with Crippen LogP contribution in [0.4, 0.5) is 9.93 Å². The molecular formula is C9H14N4O3S. The summed E-state index contributed by atoms with van der Waals surface area (Å²) in [7, 11) is 1.44. The molecule has 0 aliphatic rings. The van der Waals surface area contributed by atoms with Crippen LogP contribution >= 0.6 is 11.3 Å². The lowest BCUT2D eigenvalue weighted by Gasteiger charge is -2.23. The van der Waals surface area contributed by atoms with E-state index in [1.54, 1.807) is 13.8 Å². The number of carboxylic acid groups (broad SMARTS) is 1. The lowest BCUT2D eigenvalue weighted by atomic mass is 10.2. The van der Waals surface area contributed by atoms with Crippen LogP contribution in [0, 0.1) is 6.92 Å². The molecule has 0 saturated heterocycles. The standard InChI is InChI=1S/C9H14N4O3S/c1-4-6(7(14)15)13(3)9(16)10-8-12-11-5(2)17-8/h6H,4H2,1-3H3,(H,14,15)(H,10,12,16). The average Bonchev–Trinajstić information content (AvgIpc) is 2.64. The third-order valence-electron chi connectivity index (χ3n) is 2.20. The van der Waals surface area contributed by atoms with E-state index in [1.807, 2.05) is 0 Å². The number of aliphatic carboxylic acids is 1. The smallest absolute Gasteiger partial charge is 0.326 e. The van der Waals surface area contributed by atoms with Gasteiger partial charge >= 0.3 is 12.0 Å². The fourth-order valence-corrected chi connectivity index (χ4v) is 1.86.